The van der Waals surface area contributed by atoms with Crippen LogP contribution in [0.1, 0.15) is 20.4 Å². The molecule has 18 heavy (non-hydrogen) atoms. The number of hydrogen-bond acceptors (Lipinski definition) is 5. The summed E-state index contributed by atoms with van der Waals surface area (Å²) in [5.41, 5.74) is 0.565. The van der Waals surface area contributed by atoms with Crippen molar-refractivity contribution in [2.75, 3.05) is 7.11 Å². The van der Waals surface area contributed by atoms with E-state index in [4.69, 9.17) is 4.74 Å². The summed E-state index contributed by atoms with van der Waals surface area (Å²) in [6, 6.07) is 7.01. The normalized spacial score (nSPS) is 10.1. The fourth-order valence-electron chi connectivity index (χ4n) is 1.43. The first-order valence-corrected chi connectivity index (χ1v) is 6.22. The molecule has 0 fully saturated rings. The highest BCUT2D eigenvalue weighted by molar-refractivity contribution is 7.11. The van der Waals surface area contributed by atoms with Gasteiger partial charge in [-0.3, -0.25) is 4.79 Å². The molecule has 0 atom stereocenters. The Balaban J connectivity index is 1.99. The van der Waals surface area contributed by atoms with Crippen LogP contribution in [0.25, 0.3) is 0 Å². The van der Waals surface area contributed by atoms with E-state index in [1.54, 1.807) is 31.4 Å². The summed E-state index contributed by atoms with van der Waals surface area (Å²) >= 11 is 1.47. The van der Waals surface area contributed by atoms with Crippen LogP contribution in [0.2, 0.25) is 0 Å². The van der Waals surface area contributed by atoms with E-state index in [1.165, 1.54) is 11.3 Å². The van der Waals surface area contributed by atoms with Gasteiger partial charge >= 0.3 is 0 Å². The van der Waals surface area contributed by atoms with Crippen molar-refractivity contribution in [3.8, 4) is 5.75 Å². The minimum Gasteiger partial charge on any atom is -0.497 e. The maximum absolute atomic E-state index is 11.9. The summed E-state index contributed by atoms with van der Waals surface area (Å²) in [5, 5.41) is 12.3. The van der Waals surface area contributed by atoms with E-state index in [-0.39, 0.29) is 5.91 Å². The molecule has 0 aliphatic heterocycles. The molecule has 6 heteroatoms. The van der Waals surface area contributed by atoms with Gasteiger partial charge in [0.15, 0.2) is 0 Å². The molecule has 0 saturated carbocycles. The first kappa shape index (κ1) is 12.5. The van der Waals surface area contributed by atoms with Gasteiger partial charge in [-0.25, -0.2) is 0 Å². The summed E-state index contributed by atoms with van der Waals surface area (Å²) in [5.74, 6) is 0.510. The van der Waals surface area contributed by atoms with Crippen LogP contribution < -0.4 is 10.1 Å². The minimum absolute atomic E-state index is 0.151. The smallest absolute Gasteiger partial charge is 0.251 e. The lowest BCUT2D eigenvalue weighted by Gasteiger charge is -2.04. The van der Waals surface area contributed by atoms with Gasteiger partial charge in [0, 0.05) is 5.56 Å². The summed E-state index contributed by atoms with van der Waals surface area (Å²) < 4.78 is 5.07. The molecule has 0 aliphatic carbocycles. The molecule has 0 saturated heterocycles. The molecule has 94 valence electrons. The average molecular weight is 263 g/mol. The van der Waals surface area contributed by atoms with Crippen LogP contribution in [0.4, 0.5) is 0 Å². The molecule has 1 amide bonds. The van der Waals surface area contributed by atoms with E-state index in [0.29, 0.717) is 17.9 Å². The number of methoxy groups -OCH3 is 1. The Kier molecular flexibility index (Phi) is 3.88. The van der Waals surface area contributed by atoms with Gasteiger partial charge in [0.1, 0.15) is 15.8 Å². The number of rotatable bonds is 4. The number of aryl methyl sites for hydroxylation is 1. The van der Waals surface area contributed by atoms with Gasteiger partial charge in [-0.15, -0.1) is 10.2 Å². The largest absolute Gasteiger partial charge is 0.497 e. The lowest BCUT2D eigenvalue weighted by molar-refractivity contribution is 0.0950. The van der Waals surface area contributed by atoms with Crippen LogP contribution in [-0.4, -0.2) is 23.2 Å². The molecule has 2 rings (SSSR count). The van der Waals surface area contributed by atoms with Gasteiger partial charge < -0.3 is 10.1 Å². The third-order valence-corrected chi connectivity index (χ3v) is 3.14. The maximum atomic E-state index is 11.9. The minimum atomic E-state index is -0.151. The van der Waals surface area contributed by atoms with Crippen molar-refractivity contribution in [1.82, 2.24) is 15.5 Å². The van der Waals surface area contributed by atoms with E-state index < -0.39 is 0 Å². The number of benzene rings is 1. The Morgan fingerprint density at radius 3 is 2.94 bits per heavy atom. The van der Waals surface area contributed by atoms with Crippen molar-refractivity contribution >= 4 is 17.2 Å². The van der Waals surface area contributed by atoms with Crippen molar-refractivity contribution in [3.63, 3.8) is 0 Å². The summed E-state index contributed by atoms with van der Waals surface area (Å²) in [4.78, 5) is 11.9. The lowest BCUT2D eigenvalue weighted by atomic mass is 10.2. The zero-order valence-electron chi connectivity index (χ0n) is 10.1. The summed E-state index contributed by atoms with van der Waals surface area (Å²) in [6.45, 7) is 2.27. The van der Waals surface area contributed by atoms with Crippen molar-refractivity contribution in [1.29, 1.82) is 0 Å². The predicted octanol–water partition coefficient (Wildman–Crippen LogP) is 1.79. The van der Waals surface area contributed by atoms with E-state index in [0.717, 1.165) is 10.0 Å². The molecule has 1 aromatic heterocycles. The molecule has 0 radical (unpaired) electrons. The van der Waals surface area contributed by atoms with Gasteiger partial charge in [0.25, 0.3) is 5.91 Å². The van der Waals surface area contributed by atoms with Crippen LogP contribution in [-0.2, 0) is 6.54 Å². The number of amides is 1. The van der Waals surface area contributed by atoms with Crippen LogP contribution in [0.3, 0.4) is 0 Å². The Hall–Kier alpha value is -1.95. The van der Waals surface area contributed by atoms with Gasteiger partial charge in [0.2, 0.25) is 0 Å². The fraction of sp³-hybridized carbons (Fsp3) is 0.250. The molecule has 0 aliphatic rings. The maximum Gasteiger partial charge on any atom is 0.251 e. The number of carbonyl (C=O) groups is 1. The highest BCUT2D eigenvalue weighted by Gasteiger charge is 2.07. The van der Waals surface area contributed by atoms with Crippen LogP contribution in [0, 0.1) is 6.92 Å². The second-order valence-electron chi connectivity index (χ2n) is 3.63. The second kappa shape index (κ2) is 5.59. The first-order chi connectivity index (χ1) is 8.69. The molecular formula is C12H13N3O2S. The second-order valence-corrected chi connectivity index (χ2v) is 4.90. The van der Waals surface area contributed by atoms with Crippen molar-refractivity contribution < 1.29 is 9.53 Å². The average Bonchev–Trinajstić information content (AvgIpc) is 2.82. The first-order valence-electron chi connectivity index (χ1n) is 5.40. The Labute approximate surface area is 109 Å². The Morgan fingerprint density at radius 1 is 1.44 bits per heavy atom. The van der Waals surface area contributed by atoms with Gasteiger partial charge in [-0.2, -0.15) is 0 Å². The van der Waals surface area contributed by atoms with Crippen LogP contribution >= 0.6 is 11.3 Å². The quantitative estimate of drug-likeness (QED) is 0.913. The van der Waals surface area contributed by atoms with E-state index in [9.17, 15) is 4.79 Å². The molecule has 5 nitrogen and oxygen atoms in total. The molecular weight excluding hydrogens is 250 g/mol. The topological polar surface area (TPSA) is 64.1 Å². The van der Waals surface area contributed by atoms with Gasteiger partial charge in [-0.1, -0.05) is 17.4 Å². The molecule has 0 spiro atoms. The zero-order valence-corrected chi connectivity index (χ0v) is 11.0. The van der Waals surface area contributed by atoms with Gasteiger partial charge in [-0.05, 0) is 25.1 Å². The highest BCUT2D eigenvalue weighted by Crippen LogP contribution is 2.13. The predicted molar refractivity (Wildman–Crippen MR) is 68.8 cm³/mol. The molecule has 0 unspecified atom stereocenters. The molecule has 1 N–H and O–H groups in total. The standard InChI is InChI=1S/C12H13N3O2S/c1-8-14-15-11(18-8)7-13-12(16)9-4-3-5-10(6-9)17-2/h3-6H,7H2,1-2H3,(H,13,16). The number of hydrogen-bond donors (Lipinski definition) is 1. The van der Waals surface area contributed by atoms with Crippen LogP contribution in [0.5, 0.6) is 5.75 Å². The number of nitrogens with zero attached hydrogens (tertiary/aromatic N) is 2. The van der Waals surface area contributed by atoms with Crippen molar-refractivity contribution in [2.24, 2.45) is 0 Å². The number of aromatic nitrogens is 2. The third kappa shape index (κ3) is 3.04. The molecule has 0 bridgehead atoms. The Morgan fingerprint density at radius 2 is 2.28 bits per heavy atom. The van der Waals surface area contributed by atoms with E-state index >= 15 is 0 Å². The Bertz CT molecular complexity index is 554. The fourth-order valence-corrected chi connectivity index (χ4v) is 2.08. The highest BCUT2D eigenvalue weighted by atomic mass is 32.1. The lowest BCUT2D eigenvalue weighted by Crippen LogP contribution is -2.22. The monoisotopic (exact) mass is 263 g/mol. The summed E-state index contributed by atoms with van der Waals surface area (Å²) in [6.07, 6.45) is 0. The van der Waals surface area contributed by atoms with E-state index in [2.05, 4.69) is 15.5 Å². The summed E-state index contributed by atoms with van der Waals surface area (Å²) in [7, 11) is 1.57. The third-order valence-electron chi connectivity index (χ3n) is 2.30. The zero-order chi connectivity index (χ0) is 13.0. The van der Waals surface area contributed by atoms with Crippen LogP contribution in [0.15, 0.2) is 24.3 Å². The number of carbonyl (C=O) groups excluding carboxylic acids is 1. The molecule has 1 heterocycles. The number of ether oxygens (including phenoxy) is 1. The number of nitrogens with one attached hydrogen (secondary N) is 1. The molecule has 1 aromatic carbocycles. The SMILES string of the molecule is COc1cccc(C(=O)NCc2nnc(C)s2)c1. The molecule has 2 aromatic rings. The van der Waals surface area contributed by atoms with Crippen molar-refractivity contribution in [3.05, 3.63) is 39.8 Å². The van der Waals surface area contributed by atoms with Crippen molar-refractivity contribution in [2.45, 2.75) is 13.5 Å². The van der Waals surface area contributed by atoms with Gasteiger partial charge in [0.05, 0.1) is 13.7 Å². The van der Waals surface area contributed by atoms with E-state index in [1.807, 2.05) is 6.92 Å².